The molecule has 0 bridgehead atoms. The van der Waals surface area contributed by atoms with Crippen LogP contribution in [-0.2, 0) is 14.9 Å². The number of carbonyl (C=O) groups excluding carboxylic acids is 1. The number of aryl methyl sites for hydroxylation is 1. The second-order valence-electron chi connectivity index (χ2n) is 6.30. The first-order chi connectivity index (χ1) is 10.7. The predicted octanol–water partition coefficient (Wildman–Crippen LogP) is 2.16. The van der Waals surface area contributed by atoms with Gasteiger partial charge in [-0.2, -0.15) is 0 Å². The molecule has 0 heterocycles. The molecular weight excluding hydrogens is 276 g/mol. The zero-order valence-electron chi connectivity index (χ0n) is 13.8. The first-order valence-corrected chi connectivity index (χ1v) is 8.20. The van der Waals surface area contributed by atoms with E-state index in [2.05, 4.69) is 41.8 Å². The predicted molar refractivity (Wildman–Crippen MR) is 89.1 cm³/mol. The van der Waals surface area contributed by atoms with Crippen LogP contribution >= 0.6 is 0 Å². The van der Waals surface area contributed by atoms with E-state index in [9.17, 15) is 4.79 Å². The molecule has 22 heavy (non-hydrogen) atoms. The molecule has 0 atom stereocenters. The fraction of sp³-hybridized carbons (Fsp3) is 0.611. The smallest absolute Gasteiger partial charge is 0.233 e. The Kier molecular flexibility index (Phi) is 6.40. The molecule has 1 amide bonds. The van der Waals surface area contributed by atoms with Gasteiger partial charge in [-0.1, -0.05) is 42.7 Å². The molecule has 4 heteroatoms. The molecule has 0 aliphatic heterocycles. The summed E-state index contributed by atoms with van der Waals surface area (Å²) in [4.78, 5) is 12.0. The summed E-state index contributed by atoms with van der Waals surface area (Å²) in [5.41, 5.74) is 2.78. The molecule has 1 saturated carbocycles. The molecule has 1 aliphatic carbocycles. The molecule has 0 unspecified atom stereocenters. The molecule has 1 aromatic carbocycles. The fourth-order valence-corrected chi connectivity index (χ4v) is 3.30. The van der Waals surface area contributed by atoms with E-state index in [4.69, 9.17) is 4.74 Å². The van der Waals surface area contributed by atoms with Gasteiger partial charge >= 0.3 is 0 Å². The van der Waals surface area contributed by atoms with Crippen molar-refractivity contribution >= 4 is 5.91 Å². The minimum absolute atomic E-state index is 0.0648. The molecule has 0 radical (unpaired) electrons. The van der Waals surface area contributed by atoms with Gasteiger partial charge in [0.15, 0.2) is 0 Å². The maximum Gasteiger partial charge on any atom is 0.233 e. The molecule has 1 aromatic rings. The molecule has 1 fully saturated rings. The summed E-state index contributed by atoms with van der Waals surface area (Å²) in [5, 5.41) is 6.20. The zero-order chi connectivity index (χ0) is 15.8. The largest absolute Gasteiger partial charge is 0.383 e. The van der Waals surface area contributed by atoms with Crippen LogP contribution < -0.4 is 10.6 Å². The number of amides is 1. The highest BCUT2D eigenvalue weighted by atomic mass is 16.5. The highest BCUT2D eigenvalue weighted by Crippen LogP contribution is 2.40. The molecule has 2 rings (SSSR count). The third-order valence-corrected chi connectivity index (χ3v) is 4.58. The standard InChI is InChI=1S/C18H28N2O2/c1-15-6-5-7-16(12-15)18(8-3-4-9-18)14-20-17(21)13-19-10-11-22-2/h5-7,12,19H,3-4,8-11,13-14H2,1-2H3,(H,20,21). The van der Waals surface area contributed by atoms with Crippen molar-refractivity contribution in [1.82, 2.24) is 10.6 Å². The quantitative estimate of drug-likeness (QED) is 0.724. The van der Waals surface area contributed by atoms with Gasteiger partial charge in [0.2, 0.25) is 5.91 Å². The zero-order valence-corrected chi connectivity index (χ0v) is 13.8. The lowest BCUT2D eigenvalue weighted by molar-refractivity contribution is -0.120. The van der Waals surface area contributed by atoms with Crippen molar-refractivity contribution in [3.05, 3.63) is 35.4 Å². The van der Waals surface area contributed by atoms with E-state index in [0.29, 0.717) is 19.7 Å². The van der Waals surface area contributed by atoms with Gasteiger partial charge in [-0.25, -0.2) is 0 Å². The van der Waals surface area contributed by atoms with E-state index in [1.54, 1.807) is 7.11 Å². The van der Waals surface area contributed by atoms with Crippen LogP contribution in [0.2, 0.25) is 0 Å². The minimum atomic E-state index is 0.0648. The average Bonchev–Trinajstić information content (AvgIpc) is 3.00. The summed E-state index contributed by atoms with van der Waals surface area (Å²) in [7, 11) is 1.66. The molecule has 2 N–H and O–H groups in total. The van der Waals surface area contributed by atoms with Gasteiger partial charge in [0.1, 0.15) is 0 Å². The maximum atomic E-state index is 12.0. The van der Waals surface area contributed by atoms with Crippen LogP contribution in [0, 0.1) is 6.92 Å². The number of carbonyl (C=O) groups is 1. The van der Waals surface area contributed by atoms with Crippen LogP contribution in [0.3, 0.4) is 0 Å². The van der Waals surface area contributed by atoms with Crippen molar-refractivity contribution in [2.45, 2.75) is 38.0 Å². The van der Waals surface area contributed by atoms with E-state index in [1.165, 1.54) is 24.0 Å². The third-order valence-electron chi connectivity index (χ3n) is 4.58. The molecule has 0 saturated heterocycles. The van der Waals surface area contributed by atoms with Crippen LogP contribution in [0.1, 0.15) is 36.8 Å². The van der Waals surface area contributed by atoms with Crippen molar-refractivity contribution in [3.63, 3.8) is 0 Å². The molecule has 0 aromatic heterocycles. The van der Waals surface area contributed by atoms with Gasteiger partial charge in [-0.05, 0) is 25.3 Å². The van der Waals surface area contributed by atoms with E-state index < -0.39 is 0 Å². The highest BCUT2D eigenvalue weighted by molar-refractivity contribution is 5.78. The second-order valence-corrected chi connectivity index (χ2v) is 6.30. The number of benzene rings is 1. The summed E-state index contributed by atoms with van der Waals surface area (Å²) in [6.45, 7) is 4.55. The lowest BCUT2D eigenvalue weighted by Crippen LogP contribution is -2.42. The molecule has 1 aliphatic rings. The number of hydrogen-bond acceptors (Lipinski definition) is 3. The summed E-state index contributed by atoms with van der Waals surface area (Å²) in [6.07, 6.45) is 4.81. The first-order valence-electron chi connectivity index (χ1n) is 8.20. The normalized spacial score (nSPS) is 16.6. The lowest BCUT2D eigenvalue weighted by Gasteiger charge is -2.30. The first kappa shape index (κ1) is 17.0. The molecule has 0 spiro atoms. The second kappa shape index (κ2) is 8.30. The number of ether oxygens (including phenoxy) is 1. The summed E-state index contributed by atoms with van der Waals surface area (Å²) in [6, 6.07) is 8.74. The Hall–Kier alpha value is -1.39. The van der Waals surface area contributed by atoms with E-state index in [-0.39, 0.29) is 11.3 Å². The lowest BCUT2D eigenvalue weighted by atomic mass is 9.78. The van der Waals surface area contributed by atoms with Crippen molar-refractivity contribution < 1.29 is 9.53 Å². The van der Waals surface area contributed by atoms with Crippen molar-refractivity contribution in [2.24, 2.45) is 0 Å². The Morgan fingerprint density at radius 3 is 2.77 bits per heavy atom. The monoisotopic (exact) mass is 304 g/mol. The topological polar surface area (TPSA) is 50.4 Å². The Morgan fingerprint density at radius 1 is 1.32 bits per heavy atom. The van der Waals surface area contributed by atoms with Crippen LogP contribution in [-0.4, -0.2) is 39.3 Å². The molecule has 4 nitrogen and oxygen atoms in total. The summed E-state index contributed by atoms with van der Waals surface area (Å²) < 4.78 is 4.96. The van der Waals surface area contributed by atoms with Gasteiger partial charge in [-0.15, -0.1) is 0 Å². The van der Waals surface area contributed by atoms with Crippen molar-refractivity contribution in [1.29, 1.82) is 0 Å². The Morgan fingerprint density at radius 2 is 2.09 bits per heavy atom. The molecular formula is C18H28N2O2. The van der Waals surface area contributed by atoms with Crippen LogP contribution in [0.15, 0.2) is 24.3 Å². The fourth-order valence-electron chi connectivity index (χ4n) is 3.30. The van der Waals surface area contributed by atoms with Gasteiger partial charge < -0.3 is 15.4 Å². The van der Waals surface area contributed by atoms with Gasteiger partial charge in [-0.3, -0.25) is 4.79 Å². The minimum Gasteiger partial charge on any atom is -0.383 e. The van der Waals surface area contributed by atoms with Crippen LogP contribution in [0.5, 0.6) is 0 Å². The number of methoxy groups -OCH3 is 1. The van der Waals surface area contributed by atoms with Crippen molar-refractivity contribution in [2.75, 3.05) is 33.4 Å². The molecule has 122 valence electrons. The maximum absolute atomic E-state index is 12.0. The third kappa shape index (κ3) is 4.55. The Bertz CT molecular complexity index is 482. The number of rotatable bonds is 8. The van der Waals surface area contributed by atoms with Crippen LogP contribution in [0.4, 0.5) is 0 Å². The van der Waals surface area contributed by atoms with Gasteiger partial charge in [0.05, 0.1) is 13.2 Å². The average molecular weight is 304 g/mol. The Balaban J connectivity index is 1.91. The van der Waals surface area contributed by atoms with Gasteiger partial charge in [0.25, 0.3) is 0 Å². The number of hydrogen-bond donors (Lipinski definition) is 2. The van der Waals surface area contributed by atoms with Gasteiger partial charge in [0, 0.05) is 25.6 Å². The summed E-state index contributed by atoms with van der Waals surface area (Å²) in [5.74, 6) is 0.0648. The van der Waals surface area contributed by atoms with Crippen molar-refractivity contribution in [3.8, 4) is 0 Å². The van der Waals surface area contributed by atoms with Crippen LogP contribution in [0.25, 0.3) is 0 Å². The number of nitrogens with one attached hydrogen (secondary N) is 2. The SMILES string of the molecule is COCCNCC(=O)NCC1(c2cccc(C)c2)CCCC1. The highest BCUT2D eigenvalue weighted by Gasteiger charge is 2.35. The van der Waals surface area contributed by atoms with E-state index >= 15 is 0 Å². The Labute approximate surface area is 133 Å². The van der Waals surface area contributed by atoms with E-state index in [0.717, 1.165) is 19.4 Å². The summed E-state index contributed by atoms with van der Waals surface area (Å²) >= 11 is 0. The van der Waals surface area contributed by atoms with E-state index in [1.807, 2.05) is 0 Å².